The minimum absolute atomic E-state index is 0.00801. The van der Waals surface area contributed by atoms with Gasteiger partial charge in [-0.3, -0.25) is 9.78 Å². The number of nitrogens with zero attached hydrogens (tertiary/aromatic N) is 1. The van der Waals surface area contributed by atoms with Gasteiger partial charge in [0.1, 0.15) is 5.82 Å². The molecule has 208 valence electrons. The van der Waals surface area contributed by atoms with E-state index in [0.29, 0.717) is 23.1 Å². The molecule has 0 aliphatic heterocycles. The molecule has 39 heavy (non-hydrogen) atoms. The minimum Gasteiger partial charge on any atom is -0.294 e. The molecule has 2 unspecified atom stereocenters. The van der Waals surface area contributed by atoms with Gasteiger partial charge in [-0.2, -0.15) is 0 Å². The molecule has 1 aromatic heterocycles. The fourth-order valence-corrected chi connectivity index (χ4v) is 3.99. The number of halogens is 1. The van der Waals surface area contributed by atoms with E-state index in [-0.39, 0.29) is 23.4 Å². The first-order valence-corrected chi connectivity index (χ1v) is 14.1. The molecule has 0 saturated carbocycles. The molecule has 0 radical (unpaired) electrons. The number of hydrogen-bond donors (Lipinski definition) is 0. The van der Waals surface area contributed by atoms with Crippen LogP contribution in [0.2, 0.25) is 0 Å². The van der Waals surface area contributed by atoms with Crippen LogP contribution in [-0.4, -0.2) is 10.8 Å². The van der Waals surface area contributed by atoms with Gasteiger partial charge in [-0.05, 0) is 85.9 Å². The lowest BCUT2D eigenvalue weighted by atomic mass is 9.88. The smallest absolute Gasteiger partial charge is 0.169 e. The summed E-state index contributed by atoms with van der Waals surface area (Å²) in [6.45, 7) is 22.1. The van der Waals surface area contributed by atoms with Gasteiger partial charge in [0.2, 0.25) is 0 Å². The predicted molar refractivity (Wildman–Crippen MR) is 168 cm³/mol. The standard InChI is InChI=1S/C32H34FNO.2C2H6/c1-7-21(2)11-13-23(4)32(35)28-19-26(24(5)17-25(6)31-10-8-9-15-34-31)18-27(20-28)29-14-12-22(3)16-30(29)33;2*1-2/h7-16,18-20,23,25H,5,17H2,1-4,6H3;2*1-2H3/b13-11-,21-7-;;. The first-order valence-electron chi connectivity index (χ1n) is 14.1. The molecule has 0 aliphatic rings. The van der Waals surface area contributed by atoms with Crippen LogP contribution in [0.1, 0.15) is 94.9 Å². The number of aromatic nitrogens is 1. The summed E-state index contributed by atoms with van der Waals surface area (Å²) < 4.78 is 14.9. The van der Waals surface area contributed by atoms with Crippen LogP contribution in [0.5, 0.6) is 0 Å². The van der Waals surface area contributed by atoms with Crippen LogP contribution in [0, 0.1) is 18.7 Å². The van der Waals surface area contributed by atoms with Crippen molar-refractivity contribution in [1.82, 2.24) is 4.98 Å². The SMILES string of the molecule is C=C(CC(C)c1ccccn1)c1cc(C(=O)C(C)/C=C\C(C)=C/C)cc(-c2ccc(C)cc2F)c1.CC.CC. The zero-order chi connectivity index (χ0) is 29.5. The minimum atomic E-state index is -0.309. The quantitative estimate of drug-likeness (QED) is 0.205. The van der Waals surface area contributed by atoms with Crippen molar-refractivity contribution < 1.29 is 9.18 Å². The van der Waals surface area contributed by atoms with Crippen LogP contribution in [-0.2, 0) is 0 Å². The van der Waals surface area contributed by atoms with Crippen molar-refractivity contribution in [2.45, 2.75) is 74.7 Å². The number of hydrogen-bond acceptors (Lipinski definition) is 2. The average molecular weight is 528 g/mol. The van der Waals surface area contributed by atoms with E-state index in [4.69, 9.17) is 0 Å². The largest absolute Gasteiger partial charge is 0.294 e. The van der Waals surface area contributed by atoms with Gasteiger partial charge < -0.3 is 0 Å². The molecule has 0 fully saturated rings. The molecule has 3 heteroatoms. The molecule has 2 nitrogen and oxygen atoms in total. The van der Waals surface area contributed by atoms with Crippen LogP contribution in [0.3, 0.4) is 0 Å². The first-order chi connectivity index (χ1) is 18.7. The highest BCUT2D eigenvalue weighted by molar-refractivity contribution is 6.00. The Bertz CT molecular complexity index is 1270. The Morgan fingerprint density at radius 2 is 1.67 bits per heavy atom. The second-order valence-corrected chi connectivity index (χ2v) is 9.29. The molecule has 2 atom stereocenters. The predicted octanol–water partition coefficient (Wildman–Crippen LogP) is 10.8. The van der Waals surface area contributed by atoms with Gasteiger partial charge in [-0.15, -0.1) is 0 Å². The Labute approximate surface area is 236 Å². The molecule has 0 bridgehead atoms. The second kappa shape index (κ2) is 17.1. The monoisotopic (exact) mass is 527 g/mol. The molecule has 0 amide bonds. The van der Waals surface area contributed by atoms with Gasteiger partial charge in [0.25, 0.3) is 0 Å². The van der Waals surface area contributed by atoms with Crippen molar-refractivity contribution in [3.63, 3.8) is 0 Å². The van der Waals surface area contributed by atoms with E-state index in [2.05, 4.69) is 18.5 Å². The van der Waals surface area contributed by atoms with Gasteiger partial charge in [-0.1, -0.05) is 90.1 Å². The number of aryl methyl sites for hydroxylation is 1. The summed E-state index contributed by atoms with van der Waals surface area (Å²) in [7, 11) is 0. The molecule has 1 heterocycles. The normalized spacial score (nSPS) is 12.5. The van der Waals surface area contributed by atoms with Crippen LogP contribution in [0.15, 0.2) is 91.2 Å². The molecule has 3 aromatic rings. The number of rotatable bonds is 9. The number of benzene rings is 2. The van der Waals surface area contributed by atoms with Crippen molar-refractivity contribution in [2.24, 2.45) is 5.92 Å². The van der Waals surface area contributed by atoms with Crippen LogP contribution in [0.25, 0.3) is 16.7 Å². The van der Waals surface area contributed by atoms with E-state index in [0.717, 1.165) is 28.0 Å². The highest BCUT2D eigenvalue weighted by Crippen LogP contribution is 2.32. The van der Waals surface area contributed by atoms with E-state index in [1.165, 1.54) is 6.07 Å². The second-order valence-electron chi connectivity index (χ2n) is 9.29. The van der Waals surface area contributed by atoms with E-state index >= 15 is 0 Å². The van der Waals surface area contributed by atoms with Crippen molar-refractivity contribution in [2.75, 3.05) is 0 Å². The number of pyridine rings is 1. The zero-order valence-corrected chi connectivity index (χ0v) is 25.3. The first kappa shape index (κ1) is 33.4. The van der Waals surface area contributed by atoms with Crippen LogP contribution < -0.4 is 0 Å². The molecule has 0 saturated heterocycles. The van der Waals surface area contributed by atoms with Crippen molar-refractivity contribution in [3.8, 4) is 11.1 Å². The Morgan fingerprint density at radius 1 is 1.00 bits per heavy atom. The number of carbonyl (C=O) groups excluding carboxylic acids is 1. The number of allylic oxidation sites excluding steroid dienone is 5. The van der Waals surface area contributed by atoms with E-state index < -0.39 is 0 Å². The Kier molecular flexibility index (Phi) is 14.7. The van der Waals surface area contributed by atoms with Crippen molar-refractivity contribution in [1.29, 1.82) is 0 Å². The summed E-state index contributed by atoms with van der Waals surface area (Å²) in [4.78, 5) is 17.8. The summed E-state index contributed by atoms with van der Waals surface area (Å²) in [6, 6.07) is 16.7. The lowest BCUT2D eigenvalue weighted by Gasteiger charge is -2.16. The van der Waals surface area contributed by atoms with Crippen molar-refractivity contribution in [3.05, 3.63) is 119 Å². The molecular weight excluding hydrogens is 481 g/mol. The summed E-state index contributed by atoms with van der Waals surface area (Å²) >= 11 is 0. The highest BCUT2D eigenvalue weighted by atomic mass is 19.1. The van der Waals surface area contributed by atoms with Gasteiger partial charge in [-0.25, -0.2) is 4.39 Å². The molecular formula is C36H46FNO. The lowest BCUT2D eigenvalue weighted by molar-refractivity contribution is 0.0953. The third kappa shape index (κ3) is 9.90. The third-order valence-corrected chi connectivity index (χ3v) is 6.32. The van der Waals surface area contributed by atoms with Crippen molar-refractivity contribution >= 4 is 11.4 Å². The molecule has 0 aliphatic carbocycles. The summed E-state index contributed by atoms with van der Waals surface area (Å²) in [5.41, 5.74) is 6.38. The summed E-state index contributed by atoms with van der Waals surface area (Å²) in [6.07, 6.45) is 8.34. The van der Waals surface area contributed by atoms with E-state index in [9.17, 15) is 9.18 Å². The van der Waals surface area contributed by atoms with E-state index in [1.54, 1.807) is 18.3 Å². The molecule has 0 N–H and O–H groups in total. The van der Waals surface area contributed by atoms with Crippen LogP contribution >= 0.6 is 0 Å². The van der Waals surface area contributed by atoms with Crippen LogP contribution in [0.4, 0.5) is 4.39 Å². The zero-order valence-electron chi connectivity index (χ0n) is 25.3. The van der Waals surface area contributed by atoms with Gasteiger partial charge in [0.05, 0.1) is 0 Å². The Balaban J connectivity index is 0.00000181. The highest BCUT2D eigenvalue weighted by Gasteiger charge is 2.18. The molecule has 0 spiro atoms. The number of Topliss-reactive ketones (excluding diaryl/α,β-unsaturated/α-hetero) is 1. The third-order valence-electron chi connectivity index (χ3n) is 6.32. The fourth-order valence-electron chi connectivity index (χ4n) is 3.99. The van der Waals surface area contributed by atoms with Gasteiger partial charge in [0.15, 0.2) is 5.78 Å². The topological polar surface area (TPSA) is 30.0 Å². The molecule has 2 aromatic carbocycles. The average Bonchev–Trinajstić information content (AvgIpc) is 2.97. The lowest BCUT2D eigenvalue weighted by Crippen LogP contribution is -2.10. The maximum absolute atomic E-state index is 14.9. The summed E-state index contributed by atoms with van der Waals surface area (Å²) in [5.74, 6) is -0.458. The van der Waals surface area contributed by atoms with Gasteiger partial charge in [0, 0.05) is 34.9 Å². The summed E-state index contributed by atoms with van der Waals surface area (Å²) in [5, 5.41) is 0. The fraction of sp³-hybridized carbons (Fsp3) is 0.333. The maximum atomic E-state index is 14.9. The van der Waals surface area contributed by atoms with E-state index in [1.807, 2.05) is 110 Å². The number of carbonyl (C=O) groups is 1. The molecule has 3 rings (SSSR count). The number of ketones is 1. The Morgan fingerprint density at radius 3 is 2.26 bits per heavy atom. The maximum Gasteiger partial charge on any atom is 0.169 e. The Hall–Kier alpha value is -3.59. The van der Waals surface area contributed by atoms with Gasteiger partial charge >= 0.3 is 0 Å².